The zero-order valence-electron chi connectivity index (χ0n) is 12.4. The monoisotopic (exact) mass is 298 g/mol. The van der Waals surface area contributed by atoms with E-state index in [2.05, 4.69) is 43.4 Å². The maximum Gasteiger partial charge on any atom is 0.0992 e. The molecule has 0 unspecified atom stereocenters. The van der Waals surface area contributed by atoms with Crippen LogP contribution in [0.1, 0.15) is 36.1 Å². The second-order valence-corrected chi connectivity index (χ2v) is 5.34. The van der Waals surface area contributed by atoms with Gasteiger partial charge in [-0.3, -0.25) is 0 Å². The van der Waals surface area contributed by atoms with E-state index >= 15 is 0 Å². The van der Waals surface area contributed by atoms with Gasteiger partial charge in [0.1, 0.15) is 0 Å². The Hall–Kier alpha value is -1.98. The lowest BCUT2D eigenvalue weighted by atomic mass is 10.0. The molecule has 2 rings (SSSR count). The van der Waals surface area contributed by atoms with Crippen molar-refractivity contribution in [1.29, 1.82) is 5.26 Å². The van der Waals surface area contributed by atoms with Gasteiger partial charge in [-0.05, 0) is 41.7 Å². The minimum atomic E-state index is 0.590. The Morgan fingerprint density at radius 1 is 1.05 bits per heavy atom. The third-order valence-electron chi connectivity index (χ3n) is 3.64. The van der Waals surface area contributed by atoms with Crippen molar-refractivity contribution < 1.29 is 0 Å². The first kappa shape index (κ1) is 15.4. The summed E-state index contributed by atoms with van der Waals surface area (Å²) >= 11 is 6.23. The summed E-state index contributed by atoms with van der Waals surface area (Å²) in [6.07, 6.45) is 1.99. The summed E-state index contributed by atoms with van der Waals surface area (Å²) in [7, 11) is 0. The van der Waals surface area contributed by atoms with Crippen molar-refractivity contribution in [2.75, 3.05) is 5.32 Å². The van der Waals surface area contributed by atoms with Gasteiger partial charge in [0.05, 0.1) is 11.6 Å². The lowest BCUT2D eigenvalue weighted by Gasteiger charge is -2.16. The van der Waals surface area contributed by atoms with Crippen molar-refractivity contribution in [3.8, 4) is 6.07 Å². The summed E-state index contributed by atoms with van der Waals surface area (Å²) in [6, 6.07) is 13.9. The van der Waals surface area contributed by atoms with E-state index in [1.54, 1.807) is 12.1 Å². The zero-order valence-corrected chi connectivity index (χ0v) is 13.2. The molecule has 0 bridgehead atoms. The molecule has 2 nitrogen and oxygen atoms in total. The van der Waals surface area contributed by atoms with Crippen molar-refractivity contribution in [3.63, 3.8) is 0 Å². The molecule has 0 aliphatic heterocycles. The minimum Gasteiger partial charge on any atom is -0.380 e. The van der Waals surface area contributed by atoms with Gasteiger partial charge in [0.15, 0.2) is 0 Å². The summed E-state index contributed by atoms with van der Waals surface area (Å²) in [5.74, 6) is 0. The Morgan fingerprint density at radius 2 is 1.71 bits per heavy atom. The number of aryl methyl sites for hydroxylation is 2. The number of nitrogens with one attached hydrogen (secondary N) is 1. The molecule has 0 atom stereocenters. The van der Waals surface area contributed by atoms with Crippen LogP contribution in [0, 0.1) is 11.3 Å². The smallest absolute Gasteiger partial charge is 0.0992 e. The van der Waals surface area contributed by atoms with Crippen LogP contribution in [0.15, 0.2) is 36.4 Å². The van der Waals surface area contributed by atoms with E-state index in [-0.39, 0.29) is 0 Å². The fourth-order valence-corrected chi connectivity index (χ4v) is 2.66. The summed E-state index contributed by atoms with van der Waals surface area (Å²) < 4.78 is 0. The van der Waals surface area contributed by atoms with Crippen molar-refractivity contribution in [3.05, 3.63) is 63.7 Å². The molecule has 0 fully saturated rings. The molecule has 0 aliphatic carbocycles. The van der Waals surface area contributed by atoms with Gasteiger partial charge in [0.2, 0.25) is 0 Å². The van der Waals surface area contributed by atoms with Crippen molar-refractivity contribution in [2.24, 2.45) is 0 Å². The number of halogens is 1. The van der Waals surface area contributed by atoms with Crippen LogP contribution in [0.2, 0.25) is 5.02 Å². The lowest BCUT2D eigenvalue weighted by molar-refractivity contribution is 1.05. The van der Waals surface area contributed by atoms with Crippen LogP contribution < -0.4 is 5.32 Å². The summed E-state index contributed by atoms with van der Waals surface area (Å²) in [6.45, 7) is 4.98. The van der Waals surface area contributed by atoms with Crippen LogP contribution in [0.3, 0.4) is 0 Å². The summed E-state index contributed by atoms with van der Waals surface area (Å²) in [5, 5.41) is 13.0. The number of benzene rings is 2. The number of hydrogen-bond donors (Lipinski definition) is 1. The number of nitrogens with zero attached hydrogens (tertiary/aromatic N) is 1. The highest BCUT2D eigenvalue weighted by atomic mass is 35.5. The van der Waals surface area contributed by atoms with E-state index in [0.29, 0.717) is 17.1 Å². The van der Waals surface area contributed by atoms with E-state index in [9.17, 15) is 0 Å². The predicted molar refractivity (Wildman–Crippen MR) is 88.7 cm³/mol. The average Bonchev–Trinajstić information content (AvgIpc) is 2.53. The van der Waals surface area contributed by atoms with Crippen LogP contribution in [0.5, 0.6) is 0 Å². The predicted octanol–water partition coefficient (Wildman–Crippen LogP) is 4.95. The van der Waals surface area contributed by atoms with Gasteiger partial charge < -0.3 is 5.32 Å². The summed E-state index contributed by atoms with van der Waals surface area (Å²) in [4.78, 5) is 0. The molecule has 0 heterocycles. The van der Waals surface area contributed by atoms with E-state index in [0.717, 1.165) is 18.4 Å². The van der Waals surface area contributed by atoms with Crippen molar-refractivity contribution >= 4 is 17.3 Å². The first-order valence-corrected chi connectivity index (χ1v) is 7.60. The molecule has 108 valence electrons. The number of nitriles is 1. The first-order chi connectivity index (χ1) is 10.2. The quantitative estimate of drug-likeness (QED) is 0.848. The number of anilines is 1. The van der Waals surface area contributed by atoms with Crippen LogP contribution >= 0.6 is 11.6 Å². The fraction of sp³-hybridized carbons (Fsp3) is 0.278. The summed E-state index contributed by atoms with van der Waals surface area (Å²) in [5.41, 5.74) is 5.44. The molecule has 2 aromatic rings. The van der Waals surface area contributed by atoms with E-state index in [4.69, 9.17) is 16.9 Å². The highest BCUT2D eigenvalue weighted by molar-refractivity contribution is 6.31. The molecule has 0 aliphatic rings. The normalized spacial score (nSPS) is 10.2. The molecule has 21 heavy (non-hydrogen) atoms. The first-order valence-electron chi connectivity index (χ1n) is 7.22. The van der Waals surface area contributed by atoms with Crippen LogP contribution in [0.25, 0.3) is 0 Å². The van der Waals surface area contributed by atoms with Crippen LogP contribution in [-0.4, -0.2) is 0 Å². The maximum atomic E-state index is 8.87. The van der Waals surface area contributed by atoms with E-state index in [1.807, 2.05) is 6.07 Å². The molecule has 0 saturated carbocycles. The Labute approximate surface area is 131 Å². The van der Waals surface area contributed by atoms with Crippen LogP contribution in [0.4, 0.5) is 5.69 Å². The van der Waals surface area contributed by atoms with Crippen LogP contribution in [-0.2, 0) is 19.4 Å². The Balaban J connectivity index is 2.22. The zero-order chi connectivity index (χ0) is 15.2. The molecule has 2 aromatic carbocycles. The third-order valence-corrected chi connectivity index (χ3v) is 3.99. The highest BCUT2D eigenvalue weighted by Crippen LogP contribution is 2.25. The standard InChI is InChI=1S/C18H19ClN2/c1-3-14-6-5-7-15(4-2)18(14)21-12-16-9-8-13(11-20)10-17(16)19/h5-10,21H,3-4,12H2,1-2H3. The molecule has 1 N–H and O–H groups in total. The van der Waals surface area contributed by atoms with Gasteiger partial charge in [-0.15, -0.1) is 0 Å². The number of hydrogen-bond acceptors (Lipinski definition) is 2. The molecule has 0 amide bonds. The third kappa shape index (κ3) is 3.56. The molecular formula is C18H19ClN2. The van der Waals surface area contributed by atoms with Gasteiger partial charge in [-0.25, -0.2) is 0 Å². The van der Waals surface area contributed by atoms with E-state index < -0.39 is 0 Å². The fourth-order valence-electron chi connectivity index (χ4n) is 2.41. The van der Waals surface area contributed by atoms with Gasteiger partial charge in [0, 0.05) is 17.3 Å². The van der Waals surface area contributed by atoms with Crippen molar-refractivity contribution in [2.45, 2.75) is 33.2 Å². The number of para-hydroxylation sites is 1. The molecule has 0 aromatic heterocycles. The molecule has 0 spiro atoms. The second-order valence-electron chi connectivity index (χ2n) is 4.93. The SMILES string of the molecule is CCc1cccc(CC)c1NCc1ccc(C#N)cc1Cl. The van der Waals surface area contributed by atoms with E-state index in [1.165, 1.54) is 16.8 Å². The molecular weight excluding hydrogens is 280 g/mol. The minimum absolute atomic E-state index is 0.590. The Bertz CT molecular complexity index is 649. The molecule has 0 radical (unpaired) electrons. The van der Waals surface area contributed by atoms with Gasteiger partial charge in [0.25, 0.3) is 0 Å². The Kier molecular flexibility index (Phi) is 5.25. The van der Waals surface area contributed by atoms with Gasteiger partial charge in [-0.2, -0.15) is 5.26 Å². The highest BCUT2D eigenvalue weighted by Gasteiger charge is 2.07. The lowest BCUT2D eigenvalue weighted by Crippen LogP contribution is -2.05. The number of rotatable bonds is 5. The Morgan fingerprint density at radius 3 is 2.24 bits per heavy atom. The topological polar surface area (TPSA) is 35.8 Å². The molecule has 0 saturated heterocycles. The second kappa shape index (κ2) is 7.15. The van der Waals surface area contributed by atoms with Gasteiger partial charge in [-0.1, -0.05) is 49.7 Å². The average molecular weight is 299 g/mol. The molecule has 3 heteroatoms. The maximum absolute atomic E-state index is 8.87. The van der Waals surface area contributed by atoms with Gasteiger partial charge >= 0.3 is 0 Å². The largest absolute Gasteiger partial charge is 0.380 e. The van der Waals surface area contributed by atoms with Crippen molar-refractivity contribution in [1.82, 2.24) is 0 Å².